The van der Waals surface area contributed by atoms with E-state index in [9.17, 15) is 18.0 Å². The van der Waals surface area contributed by atoms with Crippen molar-refractivity contribution < 1.29 is 18.0 Å². The standard InChI is InChI=1S/C23H22ClF3N6O/c1-11-7-17(22(26)27)20-12(2)30-33(23(20)28-11)10-19(34)29-21-13(3)31-32(14(21)4)9-15-5-6-16(25)8-18(15)24/h5-8,22H,9-10H2,1-4H3,(H,29,34). The normalized spacial score (nSPS) is 11.6. The van der Waals surface area contributed by atoms with Crippen molar-refractivity contribution in [2.45, 2.75) is 47.2 Å². The number of anilines is 1. The lowest BCUT2D eigenvalue weighted by Crippen LogP contribution is -2.20. The predicted molar refractivity (Wildman–Crippen MR) is 123 cm³/mol. The van der Waals surface area contributed by atoms with Crippen LogP contribution in [0, 0.1) is 33.5 Å². The second-order valence-corrected chi connectivity index (χ2v) is 8.49. The molecule has 0 atom stereocenters. The van der Waals surface area contributed by atoms with Crippen molar-refractivity contribution in [2.24, 2.45) is 0 Å². The number of pyridine rings is 1. The molecule has 1 N–H and O–H groups in total. The highest BCUT2D eigenvalue weighted by Crippen LogP contribution is 2.30. The van der Waals surface area contributed by atoms with Crippen LogP contribution in [-0.2, 0) is 17.9 Å². The van der Waals surface area contributed by atoms with Gasteiger partial charge in [-0.1, -0.05) is 17.7 Å². The first-order valence-electron chi connectivity index (χ1n) is 10.5. The van der Waals surface area contributed by atoms with Gasteiger partial charge in [0.25, 0.3) is 6.43 Å². The summed E-state index contributed by atoms with van der Waals surface area (Å²) in [4.78, 5) is 17.2. The Bertz CT molecular complexity index is 1410. The molecule has 0 radical (unpaired) electrons. The van der Waals surface area contributed by atoms with Gasteiger partial charge >= 0.3 is 0 Å². The van der Waals surface area contributed by atoms with E-state index in [0.29, 0.717) is 40.6 Å². The highest BCUT2D eigenvalue weighted by molar-refractivity contribution is 6.31. The number of amides is 1. The van der Waals surface area contributed by atoms with E-state index in [0.717, 1.165) is 0 Å². The van der Waals surface area contributed by atoms with Gasteiger partial charge in [0.15, 0.2) is 5.65 Å². The smallest absolute Gasteiger partial charge is 0.264 e. The van der Waals surface area contributed by atoms with Crippen LogP contribution in [0.15, 0.2) is 24.3 Å². The number of hydrogen-bond acceptors (Lipinski definition) is 4. The van der Waals surface area contributed by atoms with Crippen molar-refractivity contribution in [3.63, 3.8) is 0 Å². The Labute approximate surface area is 198 Å². The summed E-state index contributed by atoms with van der Waals surface area (Å²) in [6, 6.07) is 5.47. The van der Waals surface area contributed by atoms with Crippen molar-refractivity contribution in [3.05, 3.63) is 69.0 Å². The van der Waals surface area contributed by atoms with E-state index in [4.69, 9.17) is 11.6 Å². The Kier molecular flexibility index (Phi) is 6.35. The molecule has 0 aliphatic heterocycles. The number of rotatable bonds is 6. The molecule has 1 aromatic carbocycles. The molecule has 0 saturated carbocycles. The summed E-state index contributed by atoms with van der Waals surface area (Å²) in [7, 11) is 0. The zero-order valence-corrected chi connectivity index (χ0v) is 19.7. The first-order valence-corrected chi connectivity index (χ1v) is 10.8. The van der Waals surface area contributed by atoms with Crippen LogP contribution in [0.3, 0.4) is 0 Å². The molecule has 0 spiro atoms. The fraction of sp³-hybridized carbons (Fsp3) is 0.304. The Morgan fingerprint density at radius 1 is 1.09 bits per heavy atom. The average Bonchev–Trinajstić information content (AvgIpc) is 3.19. The largest absolute Gasteiger partial charge is 0.321 e. The fourth-order valence-electron chi connectivity index (χ4n) is 3.96. The van der Waals surface area contributed by atoms with E-state index in [2.05, 4.69) is 20.5 Å². The van der Waals surface area contributed by atoms with Crippen molar-refractivity contribution in [1.29, 1.82) is 0 Å². The fourth-order valence-corrected chi connectivity index (χ4v) is 4.18. The maximum atomic E-state index is 13.5. The molecular weight excluding hydrogens is 469 g/mol. The molecule has 34 heavy (non-hydrogen) atoms. The monoisotopic (exact) mass is 490 g/mol. The zero-order chi connectivity index (χ0) is 24.7. The Morgan fingerprint density at radius 3 is 2.47 bits per heavy atom. The number of aryl methyl sites for hydroxylation is 3. The van der Waals surface area contributed by atoms with Gasteiger partial charge in [0, 0.05) is 16.3 Å². The molecule has 0 unspecified atom stereocenters. The quantitative estimate of drug-likeness (QED) is 0.399. The maximum Gasteiger partial charge on any atom is 0.264 e. The molecule has 4 aromatic rings. The van der Waals surface area contributed by atoms with Crippen molar-refractivity contribution >= 4 is 34.2 Å². The Balaban J connectivity index is 1.58. The van der Waals surface area contributed by atoms with E-state index in [1.54, 1.807) is 38.4 Å². The lowest BCUT2D eigenvalue weighted by Gasteiger charge is -2.09. The third kappa shape index (κ3) is 4.50. The van der Waals surface area contributed by atoms with Gasteiger partial charge in [-0.25, -0.2) is 22.8 Å². The number of halogens is 4. The minimum absolute atomic E-state index is 0.154. The van der Waals surface area contributed by atoms with Gasteiger partial charge < -0.3 is 5.32 Å². The van der Waals surface area contributed by atoms with Gasteiger partial charge in [0.2, 0.25) is 5.91 Å². The lowest BCUT2D eigenvalue weighted by molar-refractivity contribution is -0.116. The van der Waals surface area contributed by atoms with Gasteiger partial charge in [-0.3, -0.25) is 9.48 Å². The van der Waals surface area contributed by atoms with E-state index >= 15 is 0 Å². The first-order chi connectivity index (χ1) is 16.0. The third-order valence-corrected chi connectivity index (χ3v) is 5.90. The van der Waals surface area contributed by atoms with Gasteiger partial charge in [-0.2, -0.15) is 10.2 Å². The molecule has 11 heteroatoms. The molecule has 1 amide bonds. The summed E-state index contributed by atoms with van der Waals surface area (Å²) < 4.78 is 43.4. The maximum absolute atomic E-state index is 13.5. The number of fused-ring (bicyclic) bond motifs is 1. The molecule has 0 aliphatic carbocycles. The van der Waals surface area contributed by atoms with Crippen LogP contribution in [0.25, 0.3) is 11.0 Å². The van der Waals surface area contributed by atoms with Crippen molar-refractivity contribution in [2.75, 3.05) is 5.32 Å². The molecule has 7 nitrogen and oxygen atoms in total. The predicted octanol–water partition coefficient (Wildman–Crippen LogP) is 5.28. The molecule has 0 fully saturated rings. The van der Waals surface area contributed by atoms with Crippen molar-refractivity contribution in [1.82, 2.24) is 24.5 Å². The SMILES string of the molecule is Cc1cc(C(F)F)c2c(C)nn(CC(=O)Nc3c(C)nn(Cc4ccc(F)cc4Cl)c3C)c2n1. The summed E-state index contributed by atoms with van der Waals surface area (Å²) in [5.74, 6) is -0.835. The summed E-state index contributed by atoms with van der Waals surface area (Å²) in [6.45, 7) is 6.85. The third-order valence-electron chi connectivity index (χ3n) is 5.55. The van der Waals surface area contributed by atoms with Gasteiger partial charge in [-0.05, 0) is 51.5 Å². The van der Waals surface area contributed by atoms with Crippen LogP contribution in [0.2, 0.25) is 5.02 Å². The summed E-state index contributed by atoms with van der Waals surface area (Å²) in [5.41, 5.74) is 3.34. The van der Waals surface area contributed by atoms with Crippen molar-refractivity contribution in [3.8, 4) is 0 Å². The summed E-state index contributed by atoms with van der Waals surface area (Å²) >= 11 is 6.13. The number of benzene rings is 1. The van der Waals surface area contributed by atoms with Crippen LogP contribution in [0.4, 0.5) is 18.9 Å². The highest BCUT2D eigenvalue weighted by Gasteiger charge is 2.22. The molecule has 0 saturated heterocycles. The molecule has 0 aliphatic rings. The number of aromatic nitrogens is 5. The van der Waals surface area contributed by atoms with Crippen LogP contribution >= 0.6 is 11.6 Å². The van der Waals surface area contributed by atoms with Crippen LogP contribution in [0.5, 0.6) is 0 Å². The van der Waals surface area contributed by atoms with E-state index in [1.807, 2.05) is 0 Å². The molecule has 3 heterocycles. The summed E-state index contributed by atoms with van der Waals surface area (Å²) in [5, 5.41) is 12.1. The van der Waals surface area contributed by atoms with Gasteiger partial charge in [0.1, 0.15) is 12.4 Å². The zero-order valence-electron chi connectivity index (χ0n) is 19.0. The second-order valence-electron chi connectivity index (χ2n) is 8.08. The number of nitrogens with one attached hydrogen (secondary N) is 1. The number of carbonyl (C=O) groups excluding carboxylic acids is 1. The molecule has 4 rings (SSSR count). The molecule has 0 bridgehead atoms. The summed E-state index contributed by atoms with van der Waals surface area (Å²) in [6.07, 6.45) is -2.68. The molecular formula is C23H22ClF3N6O. The Hall–Kier alpha value is -3.40. The number of hydrogen-bond donors (Lipinski definition) is 1. The van der Waals surface area contributed by atoms with Gasteiger partial charge in [-0.15, -0.1) is 0 Å². The van der Waals surface area contributed by atoms with Crippen LogP contribution < -0.4 is 5.32 Å². The average molecular weight is 491 g/mol. The van der Waals surface area contributed by atoms with Gasteiger partial charge in [0.05, 0.1) is 34.7 Å². The van der Waals surface area contributed by atoms with E-state index in [-0.39, 0.29) is 28.2 Å². The number of carbonyl (C=O) groups is 1. The van der Waals surface area contributed by atoms with Crippen LogP contribution in [-0.4, -0.2) is 30.5 Å². The minimum atomic E-state index is -2.68. The highest BCUT2D eigenvalue weighted by atomic mass is 35.5. The number of alkyl halides is 2. The molecule has 3 aromatic heterocycles. The molecule has 178 valence electrons. The second kappa shape index (κ2) is 9.09. The lowest BCUT2D eigenvalue weighted by atomic mass is 10.1. The van der Waals surface area contributed by atoms with E-state index in [1.165, 1.54) is 22.9 Å². The van der Waals surface area contributed by atoms with Crippen LogP contribution in [0.1, 0.15) is 40.3 Å². The topological polar surface area (TPSA) is 77.6 Å². The minimum Gasteiger partial charge on any atom is -0.321 e. The number of nitrogens with zero attached hydrogens (tertiary/aromatic N) is 5. The Morgan fingerprint density at radius 2 is 1.79 bits per heavy atom. The van der Waals surface area contributed by atoms with E-state index < -0.39 is 18.1 Å². The first kappa shape index (κ1) is 23.7.